The Labute approximate surface area is 64.1 Å². The molecule has 0 bridgehead atoms. The summed E-state index contributed by atoms with van der Waals surface area (Å²) in [5.41, 5.74) is 6.01. The van der Waals surface area contributed by atoms with Gasteiger partial charge in [0.2, 0.25) is 0 Å². The summed E-state index contributed by atoms with van der Waals surface area (Å²) in [7, 11) is 0. The molecule has 0 aromatic heterocycles. The van der Waals surface area contributed by atoms with Crippen molar-refractivity contribution >= 4 is 0 Å². The molecular formula is C8H7FN2. The van der Waals surface area contributed by atoms with Crippen LogP contribution in [0.15, 0.2) is 35.3 Å². The maximum Gasteiger partial charge on any atom is 0.124 e. The summed E-state index contributed by atoms with van der Waals surface area (Å²) >= 11 is 0. The minimum Gasteiger partial charge on any atom is -0.398 e. The van der Waals surface area contributed by atoms with Crippen molar-refractivity contribution < 1.29 is 4.39 Å². The van der Waals surface area contributed by atoms with Crippen molar-refractivity contribution in [3.05, 3.63) is 35.3 Å². The first-order valence-electron chi connectivity index (χ1n) is 3.16. The molecule has 1 rings (SSSR count). The van der Waals surface area contributed by atoms with Crippen LogP contribution in [0.3, 0.4) is 0 Å². The lowest BCUT2D eigenvalue weighted by atomic mass is 10.2. The standard InChI is InChI=1S/C8H7FN2/c9-7-3-1-2-6(5-10)8(11)4-7/h1,3-4H,2,11H2. The number of allylic oxidation sites excluding steroid dienone is 5. The SMILES string of the molecule is N#CC1=C(N)C=C(F)C=CC1. The van der Waals surface area contributed by atoms with Crippen LogP contribution in [0.25, 0.3) is 0 Å². The molecule has 0 amide bonds. The number of nitrogens with zero attached hydrogens (tertiary/aromatic N) is 1. The number of hydrogen-bond donors (Lipinski definition) is 1. The third-order valence-electron chi connectivity index (χ3n) is 1.38. The second-order valence-corrected chi connectivity index (χ2v) is 2.18. The lowest BCUT2D eigenvalue weighted by Gasteiger charge is -1.93. The van der Waals surface area contributed by atoms with Gasteiger partial charge in [-0.25, -0.2) is 4.39 Å². The molecule has 0 heterocycles. The minimum absolute atomic E-state index is 0.218. The van der Waals surface area contributed by atoms with Crippen molar-refractivity contribution in [3.8, 4) is 6.07 Å². The first-order valence-corrected chi connectivity index (χ1v) is 3.16. The topological polar surface area (TPSA) is 49.8 Å². The van der Waals surface area contributed by atoms with E-state index in [9.17, 15) is 4.39 Å². The Kier molecular flexibility index (Phi) is 2.07. The zero-order valence-corrected chi connectivity index (χ0v) is 5.84. The Hall–Kier alpha value is -1.56. The summed E-state index contributed by atoms with van der Waals surface area (Å²) < 4.78 is 12.6. The molecule has 11 heavy (non-hydrogen) atoms. The third kappa shape index (κ3) is 1.68. The fraction of sp³-hybridized carbons (Fsp3) is 0.125. The summed E-state index contributed by atoms with van der Waals surface area (Å²) in [5.74, 6) is -0.409. The summed E-state index contributed by atoms with van der Waals surface area (Å²) in [6.07, 6.45) is 4.44. The lowest BCUT2D eigenvalue weighted by Crippen LogP contribution is -1.97. The Bertz CT molecular complexity index is 292. The number of nitrogens with two attached hydrogens (primary N) is 1. The molecule has 0 aliphatic heterocycles. The van der Waals surface area contributed by atoms with Gasteiger partial charge in [0.25, 0.3) is 0 Å². The molecule has 0 saturated carbocycles. The van der Waals surface area contributed by atoms with Crippen molar-refractivity contribution in [1.29, 1.82) is 5.26 Å². The van der Waals surface area contributed by atoms with Crippen molar-refractivity contribution in [1.82, 2.24) is 0 Å². The second-order valence-electron chi connectivity index (χ2n) is 2.18. The summed E-state index contributed by atoms with van der Waals surface area (Å²) in [6.45, 7) is 0. The highest BCUT2D eigenvalue weighted by molar-refractivity contribution is 5.39. The van der Waals surface area contributed by atoms with Crippen LogP contribution in [0.1, 0.15) is 6.42 Å². The smallest absolute Gasteiger partial charge is 0.124 e. The van der Waals surface area contributed by atoms with Crippen LogP contribution in [-0.2, 0) is 0 Å². The maximum absolute atomic E-state index is 12.6. The lowest BCUT2D eigenvalue weighted by molar-refractivity contribution is 0.666. The first-order chi connectivity index (χ1) is 5.24. The highest BCUT2D eigenvalue weighted by Gasteiger charge is 2.03. The zero-order valence-electron chi connectivity index (χ0n) is 5.84. The molecular weight excluding hydrogens is 143 g/mol. The third-order valence-corrected chi connectivity index (χ3v) is 1.38. The van der Waals surface area contributed by atoms with Gasteiger partial charge < -0.3 is 5.73 Å². The Morgan fingerprint density at radius 3 is 3.00 bits per heavy atom. The molecule has 1 aliphatic rings. The summed E-state index contributed by atoms with van der Waals surface area (Å²) in [4.78, 5) is 0. The fourth-order valence-electron chi connectivity index (χ4n) is 0.801. The molecule has 3 heteroatoms. The second kappa shape index (κ2) is 3.02. The molecule has 0 aromatic carbocycles. The van der Waals surface area contributed by atoms with E-state index < -0.39 is 5.83 Å². The van der Waals surface area contributed by atoms with Gasteiger partial charge in [0, 0.05) is 12.1 Å². The van der Waals surface area contributed by atoms with E-state index >= 15 is 0 Å². The van der Waals surface area contributed by atoms with Crippen LogP contribution in [-0.4, -0.2) is 0 Å². The number of hydrogen-bond acceptors (Lipinski definition) is 2. The van der Waals surface area contributed by atoms with E-state index in [1.54, 1.807) is 6.08 Å². The van der Waals surface area contributed by atoms with Crippen molar-refractivity contribution in [2.75, 3.05) is 0 Å². The molecule has 1 aliphatic carbocycles. The number of halogens is 1. The van der Waals surface area contributed by atoms with Crippen LogP contribution >= 0.6 is 0 Å². The molecule has 0 radical (unpaired) electrons. The van der Waals surface area contributed by atoms with Crippen molar-refractivity contribution in [2.45, 2.75) is 6.42 Å². The average Bonchev–Trinajstić information content (AvgIpc) is 2.11. The van der Waals surface area contributed by atoms with Gasteiger partial charge in [-0.15, -0.1) is 0 Å². The van der Waals surface area contributed by atoms with Crippen LogP contribution in [0.2, 0.25) is 0 Å². The highest BCUT2D eigenvalue weighted by atomic mass is 19.1. The van der Waals surface area contributed by atoms with E-state index in [1.807, 2.05) is 6.07 Å². The summed E-state index contributed by atoms with van der Waals surface area (Å²) in [6, 6.07) is 1.91. The van der Waals surface area contributed by atoms with Crippen LogP contribution in [0, 0.1) is 11.3 Å². The molecule has 2 N–H and O–H groups in total. The normalized spacial score (nSPS) is 17.3. The van der Waals surface area contributed by atoms with Gasteiger partial charge >= 0.3 is 0 Å². The monoisotopic (exact) mass is 150 g/mol. The van der Waals surface area contributed by atoms with E-state index in [0.717, 1.165) is 6.08 Å². The maximum atomic E-state index is 12.6. The Morgan fingerprint density at radius 1 is 1.64 bits per heavy atom. The predicted octanol–water partition coefficient (Wildman–Crippen LogP) is 1.54. The molecule has 0 fully saturated rings. The van der Waals surface area contributed by atoms with Crippen molar-refractivity contribution in [2.24, 2.45) is 5.73 Å². The van der Waals surface area contributed by atoms with Crippen LogP contribution in [0.4, 0.5) is 4.39 Å². The highest BCUT2D eigenvalue weighted by Crippen LogP contribution is 2.14. The van der Waals surface area contributed by atoms with Gasteiger partial charge in [0.15, 0.2) is 0 Å². The molecule has 0 spiro atoms. The van der Waals surface area contributed by atoms with E-state index in [-0.39, 0.29) is 5.70 Å². The molecule has 0 aromatic rings. The fourth-order valence-corrected chi connectivity index (χ4v) is 0.801. The van der Waals surface area contributed by atoms with E-state index in [0.29, 0.717) is 12.0 Å². The number of rotatable bonds is 0. The molecule has 0 unspecified atom stereocenters. The van der Waals surface area contributed by atoms with Gasteiger partial charge in [0.05, 0.1) is 11.6 Å². The minimum atomic E-state index is -0.409. The first kappa shape index (κ1) is 7.55. The predicted molar refractivity (Wildman–Crippen MR) is 39.8 cm³/mol. The van der Waals surface area contributed by atoms with Crippen molar-refractivity contribution in [3.63, 3.8) is 0 Å². The number of nitriles is 1. The quantitative estimate of drug-likeness (QED) is 0.569. The molecule has 0 atom stereocenters. The zero-order chi connectivity index (χ0) is 8.27. The van der Waals surface area contributed by atoms with Gasteiger partial charge in [-0.1, -0.05) is 6.08 Å². The molecule has 56 valence electrons. The largest absolute Gasteiger partial charge is 0.398 e. The summed E-state index contributed by atoms with van der Waals surface area (Å²) in [5, 5.41) is 8.50. The average molecular weight is 150 g/mol. The van der Waals surface area contributed by atoms with Gasteiger partial charge in [-0.2, -0.15) is 5.26 Å². The van der Waals surface area contributed by atoms with Gasteiger partial charge in [-0.3, -0.25) is 0 Å². The van der Waals surface area contributed by atoms with Gasteiger partial charge in [0.1, 0.15) is 5.83 Å². The van der Waals surface area contributed by atoms with E-state index in [1.165, 1.54) is 6.08 Å². The van der Waals surface area contributed by atoms with Crippen LogP contribution < -0.4 is 5.73 Å². The Morgan fingerprint density at radius 2 is 2.36 bits per heavy atom. The Balaban J connectivity index is 3.05. The van der Waals surface area contributed by atoms with E-state index in [2.05, 4.69) is 0 Å². The van der Waals surface area contributed by atoms with Crippen LogP contribution in [0.5, 0.6) is 0 Å². The van der Waals surface area contributed by atoms with E-state index in [4.69, 9.17) is 11.0 Å². The molecule has 0 saturated heterocycles. The van der Waals surface area contributed by atoms with Gasteiger partial charge in [-0.05, 0) is 12.2 Å². The molecule has 2 nitrogen and oxygen atoms in total.